The Morgan fingerprint density at radius 2 is 1.82 bits per heavy atom. The van der Waals surface area contributed by atoms with Gasteiger partial charge in [-0.3, -0.25) is 10.1 Å². The van der Waals surface area contributed by atoms with Gasteiger partial charge < -0.3 is 19.2 Å². The van der Waals surface area contributed by atoms with Crippen molar-refractivity contribution in [3.63, 3.8) is 0 Å². The highest BCUT2D eigenvalue weighted by molar-refractivity contribution is 7.80. The van der Waals surface area contributed by atoms with Crippen LogP contribution < -0.4 is 20.1 Å². The molecule has 4 aromatic rings. The third kappa shape index (κ3) is 5.69. The summed E-state index contributed by atoms with van der Waals surface area (Å²) in [6, 6.07) is 18.9. The fourth-order valence-corrected chi connectivity index (χ4v) is 4.08. The highest BCUT2D eigenvalue weighted by Crippen LogP contribution is 2.33. The molecule has 2 N–H and O–H groups in total. The number of carbonyl (C=O) groups is 1. The lowest BCUT2D eigenvalue weighted by atomic mass is 10.1. The van der Waals surface area contributed by atoms with Gasteiger partial charge in [0.05, 0.1) is 19.9 Å². The zero-order valence-corrected chi connectivity index (χ0v) is 20.0. The van der Waals surface area contributed by atoms with Crippen LogP contribution in [0.4, 0.5) is 5.13 Å². The van der Waals surface area contributed by atoms with E-state index in [1.54, 1.807) is 26.4 Å². The number of anilines is 1. The van der Waals surface area contributed by atoms with E-state index in [1.807, 2.05) is 60.0 Å². The molecule has 172 valence electrons. The Balaban J connectivity index is 1.33. The molecule has 2 heterocycles. The van der Waals surface area contributed by atoms with Gasteiger partial charge in [-0.05, 0) is 48.6 Å². The maximum Gasteiger partial charge on any atom is 0.250 e. The van der Waals surface area contributed by atoms with E-state index in [2.05, 4.69) is 15.6 Å². The first-order valence-electron chi connectivity index (χ1n) is 10.2. The van der Waals surface area contributed by atoms with Crippen LogP contribution in [-0.4, -0.2) is 30.2 Å². The summed E-state index contributed by atoms with van der Waals surface area (Å²) in [5.74, 6) is 2.17. The first kappa shape index (κ1) is 23.2. The van der Waals surface area contributed by atoms with Gasteiger partial charge in [0.2, 0.25) is 5.91 Å². The number of methoxy groups -OCH3 is 2. The molecule has 2 aromatic heterocycles. The molecule has 34 heavy (non-hydrogen) atoms. The molecule has 7 nitrogen and oxygen atoms in total. The van der Waals surface area contributed by atoms with Gasteiger partial charge in [-0.2, -0.15) is 0 Å². The van der Waals surface area contributed by atoms with Crippen LogP contribution >= 0.6 is 23.6 Å². The second-order valence-corrected chi connectivity index (χ2v) is 8.22. The average Bonchev–Trinajstić information content (AvgIpc) is 3.53. The van der Waals surface area contributed by atoms with Crippen molar-refractivity contribution in [3.05, 3.63) is 77.9 Å². The van der Waals surface area contributed by atoms with Crippen LogP contribution in [0.1, 0.15) is 5.76 Å². The summed E-state index contributed by atoms with van der Waals surface area (Å²) in [5, 5.41) is 8.12. The number of nitrogens with one attached hydrogen (secondary N) is 2. The lowest BCUT2D eigenvalue weighted by Gasteiger charge is -2.08. The smallest absolute Gasteiger partial charge is 0.250 e. The van der Waals surface area contributed by atoms with Crippen LogP contribution in [0, 0.1) is 0 Å². The van der Waals surface area contributed by atoms with Crippen LogP contribution in [-0.2, 0) is 4.79 Å². The molecule has 0 fully saturated rings. The maximum absolute atomic E-state index is 12.2. The minimum atomic E-state index is -0.383. The largest absolute Gasteiger partial charge is 0.493 e. The van der Waals surface area contributed by atoms with E-state index >= 15 is 0 Å². The molecule has 0 unspecified atom stereocenters. The quantitative estimate of drug-likeness (QED) is 0.257. The lowest BCUT2D eigenvalue weighted by molar-refractivity contribution is -0.115. The number of carbonyl (C=O) groups excluding carboxylic acids is 1. The maximum atomic E-state index is 12.2. The SMILES string of the molecule is COc1ccc(-c2csc(NC(=S)NC(=O)/C=C/c3ccc(-c4ccccc4)o3)n2)cc1OC. The second kappa shape index (κ2) is 10.8. The Hall–Kier alpha value is -3.95. The molecular formula is C25H21N3O4S2. The predicted octanol–water partition coefficient (Wildman–Crippen LogP) is 5.61. The van der Waals surface area contributed by atoms with E-state index in [9.17, 15) is 4.79 Å². The molecule has 0 aliphatic carbocycles. The molecule has 0 spiro atoms. The fraction of sp³-hybridized carbons (Fsp3) is 0.0800. The number of furan rings is 1. The summed E-state index contributed by atoms with van der Waals surface area (Å²) < 4.78 is 16.4. The van der Waals surface area contributed by atoms with E-state index in [4.69, 9.17) is 26.1 Å². The van der Waals surface area contributed by atoms with Gasteiger partial charge in [0.15, 0.2) is 21.7 Å². The summed E-state index contributed by atoms with van der Waals surface area (Å²) >= 11 is 6.61. The molecule has 0 aliphatic heterocycles. The normalized spacial score (nSPS) is 10.8. The predicted molar refractivity (Wildman–Crippen MR) is 138 cm³/mol. The highest BCUT2D eigenvalue weighted by atomic mass is 32.1. The highest BCUT2D eigenvalue weighted by Gasteiger charge is 2.11. The van der Waals surface area contributed by atoms with Crippen LogP contribution in [0.15, 0.2) is 76.5 Å². The third-order valence-corrected chi connectivity index (χ3v) is 5.69. The van der Waals surface area contributed by atoms with E-state index in [0.717, 1.165) is 22.6 Å². The van der Waals surface area contributed by atoms with Gasteiger partial charge in [-0.25, -0.2) is 4.98 Å². The molecule has 0 saturated heterocycles. The monoisotopic (exact) mass is 491 g/mol. The molecule has 9 heteroatoms. The van der Waals surface area contributed by atoms with Crippen molar-refractivity contribution in [1.82, 2.24) is 10.3 Å². The Morgan fingerprint density at radius 3 is 2.59 bits per heavy atom. The summed E-state index contributed by atoms with van der Waals surface area (Å²) in [6.07, 6.45) is 2.95. The van der Waals surface area contributed by atoms with E-state index < -0.39 is 0 Å². The first-order valence-corrected chi connectivity index (χ1v) is 11.5. The number of hydrogen-bond acceptors (Lipinski definition) is 7. The topological polar surface area (TPSA) is 85.6 Å². The number of nitrogens with zero attached hydrogens (tertiary/aromatic N) is 1. The van der Waals surface area contributed by atoms with Gasteiger partial charge >= 0.3 is 0 Å². The number of amides is 1. The number of benzene rings is 2. The van der Waals surface area contributed by atoms with Crippen molar-refractivity contribution in [2.75, 3.05) is 19.5 Å². The Bertz CT molecular complexity index is 1330. The van der Waals surface area contributed by atoms with Crippen LogP contribution in [0.3, 0.4) is 0 Å². The summed E-state index contributed by atoms with van der Waals surface area (Å²) in [4.78, 5) is 16.8. The second-order valence-electron chi connectivity index (χ2n) is 6.95. The molecule has 0 bridgehead atoms. The van der Waals surface area contributed by atoms with Gasteiger partial charge in [0.1, 0.15) is 11.5 Å². The van der Waals surface area contributed by atoms with Gasteiger partial charge in [-0.1, -0.05) is 30.3 Å². The van der Waals surface area contributed by atoms with Crippen molar-refractivity contribution in [2.45, 2.75) is 0 Å². The summed E-state index contributed by atoms with van der Waals surface area (Å²) in [5.41, 5.74) is 2.58. The van der Waals surface area contributed by atoms with Crippen LogP contribution in [0.25, 0.3) is 28.7 Å². The van der Waals surface area contributed by atoms with Crippen LogP contribution in [0.2, 0.25) is 0 Å². The molecule has 4 rings (SSSR count). The molecule has 0 radical (unpaired) electrons. The molecule has 0 saturated carbocycles. The standard InChI is InChI=1S/C25H21N3O4S2/c1-30-21-11-8-17(14-22(21)31-2)19-15-34-25(26-19)28-24(33)27-23(29)13-10-18-9-12-20(32-18)16-6-4-3-5-7-16/h3-15H,1-2H3,(H2,26,27,28,29,33)/b13-10+. The summed E-state index contributed by atoms with van der Waals surface area (Å²) in [6.45, 7) is 0. The molecule has 0 aliphatic rings. The number of thiocarbonyl (C=S) groups is 1. The van der Waals surface area contributed by atoms with Crippen molar-refractivity contribution in [1.29, 1.82) is 0 Å². The van der Waals surface area contributed by atoms with E-state index in [0.29, 0.717) is 22.4 Å². The number of thiazole rings is 1. The molecule has 1 amide bonds. The molecule has 2 aromatic carbocycles. The van der Waals surface area contributed by atoms with Crippen molar-refractivity contribution < 1.29 is 18.7 Å². The van der Waals surface area contributed by atoms with Crippen LogP contribution in [0.5, 0.6) is 11.5 Å². The fourth-order valence-electron chi connectivity index (χ4n) is 3.10. The molecular weight excluding hydrogens is 470 g/mol. The lowest BCUT2D eigenvalue weighted by Crippen LogP contribution is -2.32. The minimum Gasteiger partial charge on any atom is -0.493 e. The van der Waals surface area contributed by atoms with E-state index in [1.165, 1.54) is 17.4 Å². The van der Waals surface area contributed by atoms with Crippen molar-refractivity contribution in [2.24, 2.45) is 0 Å². The van der Waals surface area contributed by atoms with Gasteiger partial charge in [0, 0.05) is 22.6 Å². The summed E-state index contributed by atoms with van der Waals surface area (Å²) in [7, 11) is 3.17. The van der Waals surface area contributed by atoms with Crippen molar-refractivity contribution in [3.8, 4) is 34.1 Å². The molecule has 0 atom stereocenters. The Morgan fingerprint density at radius 1 is 1.03 bits per heavy atom. The Labute approximate surface area is 206 Å². The minimum absolute atomic E-state index is 0.146. The first-order chi connectivity index (χ1) is 16.6. The number of rotatable bonds is 7. The van der Waals surface area contributed by atoms with E-state index in [-0.39, 0.29) is 11.0 Å². The van der Waals surface area contributed by atoms with Gasteiger partial charge in [0.25, 0.3) is 0 Å². The van der Waals surface area contributed by atoms with Gasteiger partial charge in [-0.15, -0.1) is 11.3 Å². The third-order valence-electron chi connectivity index (χ3n) is 4.72. The average molecular weight is 492 g/mol. The van der Waals surface area contributed by atoms with Crippen molar-refractivity contribution >= 4 is 45.8 Å². The number of hydrogen-bond donors (Lipinski definition) is 2. The zero-order valence-electron chi connectivity index (χ0n) is 18.4. The number of aromatic nitrogens is 1. The Kier molecular flexibility index (Phi) is 7.36. The zero-order chi connectivity index (χ0) is 23.9. The number of ether oxygens (including phenoxy) is 2.